The molecular formula is C27H24N4. The smallest absolute Gasteiger partial charge is 0.138 e. The second kappa shape index (κ2) is 7.47. The van der Waals surface area contributed by atoms with Crippen LogP contribution in [0.4, 0.5) is 11.5 Å². The van der Waals surface area contributed by atoms with Gasteiger partial charge in [-0.3, -0.25) is 9.97 Å². The van der Waals surface area contributed by atoms with Crippen molar-refractivity contribution >= 4 is 33.1 Å². The molecule has 0 radical (unpaired) electrons. The third-order valence-corrected chi connectivity index (χ3v) is 5.54. The summed E-state index contributed by atoms with van der Waals surface area (Å²) in [6, 6.07) is 21.0. The minimum Gasteiger partial charge on any atom is -0.338 e. The molecule has 0 saturated heterocycles. The van der Waals surface area contributed by atoms with Gasteiger partial charge in [-0.25, -0.2) is 4.98 Å². The van der Waals surface area contributed by atoms with E-state index in [9.17, 15) is 0 Å². The molecule has 0 bridgehead atoms. The van der Waals surface area contributed by atoms with E-state index in [0.29, 0.717) is 0 Å². The van der Waals surface area contributed by atoms with Crippen molar-refractivity contribution in [2.45, 2.75) is 26.2 Å². The van der Waals surface area contributed by atoms with Crippen molar-refractivity contribution in [3.8, 4) is 11.1 Å². The van der Waals surface area contributed by atoms with Crippen molar-refractivity contribution < 1.29 is 0 Å². The molecule has 31 heavy (non-hydrogen) atoms. The lowest BCUT2D eigenvalue weighted by Gasteiger charge is -2.18. The lowest BCUT2D eigenvalue weighted by Crippen LogP contribution is -2.13. The van der Waals surface area contributed by atoms with E-state index in [1.165, 1.54) is 5.39 Å². The zero-order chi connectivity index (χ0) is 21.4. The van der Waals surface area contributed by atoms with Crippen LogP contribution in [0.2, 0.25) is 0 Å². The van der Waals surface area contributed by atoms with Gasteiger partial charge >= 0.3 is 0 Å². The summed E-state index contributed by atoms with van der Waals surface area (Å²) in [5.41, 5.74) is 4.26. The molecule has 0 saturated carbocycles. The molecule has 0 spiro atoms. The van der Waals surface area contributed by atoms with Crippen molar-refractivity contribution in [2.75, 3.05) is 5.32 Å². The number of benzene rings is 2. The second-order valence-corrected chi connectivity index (χ2v) is 8.81. The van der Waals surface area contributed by atoms with Crippen molar-refractivity contribution in [3.05, 3.63) is 91.1 Å². The molecule has 0 fully saturated rings. The summed E-state index contributed by atoms with van der Waals surface area (Å²) in [6.07, 6.45) is 7.54. The summed E-state index contributed by atoms with van der Waals surface area (Å²) in [5, 5.41) is 7.98. The van der Waals surface area contributed by atoms with Crippen LogP contribution < -0.4 is 5.32 Å². The first kappa shape index (κ1) is 19.2. The Labute approximate surface area is 182 Å². The molecule has 3 heterocycles. The molecule has 0 aliphatic carbocycles. The number of hydrogen-bond acceptors (Lipinski definition) is 4. The summed E-state index contributed by atoms with van der Waals surface area (Å²) in [4.78, 5) is 13.7. The Balaban J connectivity index is 1.56. The van der Waals surface area contributed by atoms with Gasteiger partial charge in [-0.15, -0.1) is 0 Å². The van der Waals surface area contributed by atoms with Gasteiger partial charge in [0.25, 0.3) is 0 Å². The highest BCUT2D eigenvalue weighted by Crippen LogP contribution is 2.34. The maximum absolute atomic E-state index is 4.78. The molecule has 5 rings (SSSR count). The molecule has 0 amide bonds. The van der Waals surface area contributed by atoms with Crippen LogP contribution in [0.25, 0.3) is 32.7 Å². The predicted octanol–water partition coefficient (Wildman–Crippen LogP) is 6.89. The minimum atomic E-state index is 0.0283. The summed E-state index contributed by atoms with van der Waals surface area (Å²) < 4.78 is 0. The molecular weight excluding hydrogens is 380 g/mol. The van der Waals surface area contributed by atoms with Gasteiger partial charge in [-0.1, -0.05) is 57.2 Å². The molecule has 0 unspecified atom stereocenters. The summed E-state index contributed by atoms with van der Waals surface area (Å²) in [6.45, 7) is 6.50. The fraction of sp³-hybridized carbons (Fsp3) is 0.148. The normalized spacial score (nSPS) is 11.7. The highest BCUT2D eigenvalue weighted by molar-refractivity contribution is 6.03. The van der Waals surface area contributed by atoms with Gasteiger partial charge < -0.3 is 5.32 Å². The first-order valence-corrected chi connectivity index (χ1v) is 10.4. The van der Waals surface area contributed by atoms with Gasteiger partial charge in [0.2, 0.25) is 0 Å². The topological polar surface area (TPSA) is 50.7 Å². The van der Waals surface area contributed by atoms with Gasteiger partial charge in [0.1, 0.15) is 5.82 Å². The zero-order valence-corrected chi connectivity index (χ0v) is 17.9. The molecule has 152 valence electrons. The van der Waals surface area contributed by atoms with Gasteiger partial charge in [-0.05, 0) is 40.6 Å². The van der Waals surface area contributed by atoms with Crippen LogP contribution in [0, 0.1) is 0 Å². The van der Waals surface area contributed by atoms with E-state index in [1.807, 2.05) is 36.9 Å². The van der Waals surface area contributed by atoms with Gasteiger partial charge in [-0.2, -0.15) is 0 Å². The second-order valence-electron chi connectivity index (χ2n) is 8.81. The van der Waals surface area contributed by atoms with Crippen molar-refractivity contribution in [2.24, 2.45) is 0 Å². The number of hydrogen-bond donors (Lipinski definition) is 1. The standard InChI is InChI=1S/C27H24N4/c1-27(2,3)25-11-10-21(16-29-25)31-26-23-7-5-4-6-22(23)24(17-30-26)19-9-8-18-12-13-28-15-20(18)14-19/h4-17H,1-3H3,(H,30,31). The number of anilines is 2. The average molecular weight is 405 g/mol. The van der Waals surface area contributed by atoms with E-state index in [4.69, 9.17) is 4.98 Å². The van der Waals surface area contributed by atoms with Crippen LogP contribution in [0.5, 0.6) is 0 Å². The monoisotopic (exact) mass is 404 g/mol. The van der Waals surface area contributed by atoms with E-state index in [0.717, 1.165) is 44.5 Å². The third kappa shape index (κ3) is 3.73. The Morgan fingerprint density at radius 3 is 2.35 bits per heavy atom. The predicted molar refractivity (Wildman–Crippen MR) is 129 cm³/mol. The van der Waals surface area contributed by atoms with Crippen LogP contribution in [0.15, 0.2) is 85.5 Å². The fourth-order valence-electron chi connectivity index (χ4n) is 3.82. The van der Waals surface area contributed by atoms with Crippen LogP contribution in [0.3, 0.4) is 0 Å². The van der Waals surface area contributed by atoms with Crippen molar-refractivity contribution in [3.63, 3.8) is 0 Å². The quantitative estimate of drug-likeness (QED) is 0.356. The lowest BCUT2D eigenvalue weighted by molar-refractivity contribution is 0.569. The Bertz CT molecular complexity index is 1380. The summed E-state index contributed by atoms with van der Waals surface area (Å²) in [7, 11) is 0. The Morgan fingerprint density at radius 2 is 1.58 bits per heavy atom. The first-order valence-electron chi connectivity index (χ1n) is 10.4. The van der Waals surface area contributed by atoms with E-state index >= 15 is 0 Å². The largest absolute Gasteiger partial charge is 0.338 e. The molecule has 3 aromatic heterocycles. The van der Waals surface area contributed by atoms with Crippen LogP contribution in [-0.2, 0) is 5.41 Å². The number of rotatable bonds is 3. The van der Waals surface area contributed by atoms with Crippen LogP contribution in [-0.4, -0.2) is 15.0 Å². The summed E-state index contributed by atoms with van der Waals surface area (Å²) >= 11 is 0. The van der Waals surface area contributed by atoms with Gasteiger partial charge in [0, 0.05) is 46.0 Å². The maximum atomic E-state index is 4.78. The highest BCUT2D eigenvalue weighted by atomic mass is 15.0. The van der Waals surface area contributed by atoms with E-state index in [2.05, 4.69) is 84.6 Å². The number of nitrogens with zero attached hydrogens (tertiary/aromatic N) is 3. The number of nitrogens with one attached hydrogen (secondary N) is 1. The Morgan fingerprint density at radius 1 is 0.742 bits per heavy atom. The van der Waals surface area contributed by atoms with Gasteiger partial charge in [0.15, 0.2) is 0 Å². The summed E-state index contributed by atoms with van der Waals surface area (Å²) in [5.74, 6) is 0.826. The number of pyridine rings is 3. The third-order valence-electron chi connectivity index (χ3n) is 5.54. The lowest BCUT2D eigenvalue weighted by atomic mass is 9.92. The molecule has 5 aromatic rings. The van der Waals surface area contributed by atoms with Crippen molar-refractivity contribution in [1.29, 1.82) is 0 Å². The SMILES string of the molecule is CC(C)(C)c1ccc(Nc2ncc(-c3ccc4ccncc4c3)c3ccccc23)cn1. The Hall–Kier alpha value is -3.79. The van der Waals surface area contributed by atoms with Crippen LogP contribution >= 0.6 is 0 Å². The van der Waals surface area contributed by atoms with E-state index < -0.39 is 0 Å². The van der Waals surface area contributed by atoms with Crippen molar-refractivity contribution in [1.82, 2.24) is 15.0 Å². The average Bonchev–Trinajstić information content (AvgIpc) is 2.79. The first-order chi connectivity index (χ1) is 15.0. The number of aromatic nitrogens is 3. The molecule has 0 atom stereocenters. The molecule has 2 aromatic carbocycles. The van der Waals surface area contributed by atoms with Gasteiger partial charge in [0.05, 0.1) is 11.9 Å². The molecule has 1 N–H and O–H groups in total. The van der Waals surface area contributed by atoms with E-state index in [-0.39, 0.29) is 5.41 Å². The minimum absolute atomic E-state index is 0.0283. The fourth-order valence-corrected chi connectivity index (χ4v) is 3.82. The maximum Gasteiger partial charge on any atom is 0.138 e. The molecule has 4 nitrogen and oxygen atoms in total. The Kier molecular flexibility index (Phi) is 4.63. The highest BCUT2D eigenvalue weighted by Gasteiger charge is 2.15. The van der Waals surface area contributed by atoms with Crippen LogP contribution in [0.1, 0.15) is 26.5 Å². The molecule has 4 heteroatoms. The molecule has 0 aliphatic heterocycles. The van der Waals surface area contributed by atoms with E-state index in [1.54, 1.807) is 0 Å². The molecule has 0 aliphatic rings. The number of fused-ring (bicyclic) bond motifs is 2. The zero-order valence-electron chi connectivity index (χ0n) is 17.9.